The highest BCUT2D eigenvalue weighted by Crippen LogP contribution is 2.20. The first-order valence-electron chi connectivity index (χ1n) is 3.99. The SMILES string of the molecule is Cc1ccc(C(C)CC(=N)N)o1. The molecule has 0 aliphatic heterocycles. The minimum absolute atomic E-state index is 0.205. The lowest BCUT2D eigenvalue weighted by Crippen LogP contribution is -2.12. The molecule has 3 N–H and O–H groups in total. The van der Waals surface area contributed by atoms with Crippen molar-refractivity contribution in [2.75, 3.05) is 0 Å². The van der Waals surface area contributed by atoms with E-state index >= 15 is 0 Å². The van der Waals surface area contributed by atoms with E-state index in [0.29, 0.717) is 6.42 Å². The van der Waals surface area contributed by atoms with Crippen LogP contribution in [0.5, 0.6) is 0 Å². The summed E-state index contributed by atoms with van der Waals surface area (Å²) >= 11 is 0. The first kappa shape index (κ1) is 8.84. The molecule has 0 radical (unpaired) electrons. The third-order valence-corrected chi connectivity index (χ3v) is 1.77. The van der Waals surface area contributed by atoms with Crippen molar-refractivity contribution in [3.8, 4) is 0 Å². The third-order valence-electron chi connectivity index (χ3n) is 1.77. The van der Waals surface area contributed by atoms with Crippen molar-refractivity contribution in [3.05, 3.63) is 23.7 Å². The smallest absolute Gasteiger partial charge is 0.107 e. The first-order chi connectivity index (χ1) is 5.59. The Bertz CT molecular complexity index is 278. The van der Waals surface area contributed by atoms with Crippen molar-refractivity contribution in [2.24, 2.45) is 5.73 Å². The predicted molar refractivity (Wildman–Crippen MR) is 48.4 cm³/mol. The Labute approximate surface area is 72.1 Å². The highest BCUT2D eigenvalue weighted by atomic mass is 16.3. The van der Waals surface area contributed by atoms with Crippen LogP contribution >= 0.6 is 0 Å². The fraction of sp³-hybridized carbons (Fsp3) is 0.444. The standard InChI is InChI=1S/C9H14N2O/c1-6(5-9(10)11)8-4-3-7(2)12-8/h3-4,6H,5H2,1-2H3,(H3,10,11). The largest absolute Gasteiger partial charge is 0.466 e. The van der Waals surface area contributed by atoms with Gasteiger partial charge < -0.3 is 10.2 Å². The molecule has 66 valence electrons. The average Bonchev–Trinajstić information content (AvgIpc) is 2.34. The van der Waals surface area contributed by atoms with Crippen molar-refractivity contribution < 1.29 is 4.42 Å². The number of hydrogen-bond acceptors (Lipinski definition) is 2. The van der Waals surface area contributed by atoms with Gasteiger partial charge in [0.2, 0.25) is 0 Å². The Balaban J connectivity index is 2.64. The quantitative estimate of drug-likeness (QED) is 0.533. The Morgan fingerprint density at radius 2 is 2.33 bits per heavy atom. The first-order valence-corrected chi connectivity index (χ1v) is 3.99. The molecule has 1 heterocycles. The molecule has 0 aromatic carbocycles. The summed E-state index contributed by atoms with van der Waals surface area (Å²) in [5.74, 6) is 2.22. The molecule has 0 aliphatic rings. The fourth-order valence-corrected chi connectivity index (χ4v) is 1.15. The van der Waals surface area contributed by atoms with Gasteiger partial charge in [0.25, 0.3) is 0 Å². The van der Waals surface area contributed by atoms with Crippen molar-refractivity contribution in [1.29, 1.82) is 5.41 Å². The van der Waals surface area contributed by atoms with Gasteiger partial charge in [0.05, 0.1) is 5.84 Å². The second-order valence-electron chi connectivity index (χ2n) is 3.08. The Morgan fingerprint density at radius 1 is 1.67 bits per heavy atom. The topological polar surface area (TPSA) is 63.0 Å². The molecule has 0 saturated heterocycles. The van der Waals surface area contributed by atoms with E-state index in [9.17, 15) is 0 Å². The Hall–Kier alpha value is -1.25. The summed E-state index contributed by atoms with van der Waals surface area (Å²) in [5.41, 5.74) is 5.28. The van der Waals surface area contributed by atoms with Gasteiger partial charge in [0, 0.05) is 12.3 Å². The number of amidine groups is 1. The molecule has 0 saturated carbocycles. The zero-order valence-corrected chi connectivity index (χ0v) is 7.42. The van der Waals surface area contributed by atoms with E-state index in [-0.39, 0.29) is 11.8 Å². The van der Waals surface area contributed by atoms with Gasteiger partial charge in [-0.2, -0.15) is 0 Å². The molecule has 12 heavy (non-hydrogen) atoms. The van der Waals surface area contributed by atoms with Crippen LogP contribution < -0.4 is 5.73 Å². The third kappa shape index (κ3) is 2.12. The van der Waals surface area contributed by atoms with Crippen molar-refractivity contribution in [3.63, 3.8) is 0 Å². The second kappa shape index (κ2) is 3.43. The van der Waals surface area contributed by atoms with Crippen LogP contribution in [-0.4, -0.2) is 5.84 Å². The van der Waals surface area contributed by atoms with Crippen LogP contribution in [0.25, 0.3) is 0 Å². The van der Waals surface area contributed by atoms with Gasteiger partial charge in [-0.15, -0.1) is 0 Å². The van der Waals surface area contributed by atoms with Crippen LogP contribution in [0.15, 0.2) is 16.5 Å². The second-order valence-corrected chi connectivity index (χ2v) is 3.08. The van der Waals surface area contributed by atoms with Gasteiger partial charge in [-0.3, -0.25) is 5.41 Å². The molecule has 3 heteroatoms. The van der Waals surface area contributed by atoms with E-state index < -0.39 is 0 Å². The molecule has 0 spiro atoms. The van der Waals surface area contributed by atoms with Gasteiger partial charge in [-0.05, 0) is 19.1 Å². The van der Waals surface area contributed by atoms with E-state index in [0.717, 1.165) is 11.5 Å². The molecule has 1 aromatic rings. The molecule has 3 nitrogen and oxygen atoms in total. The molecule has 1 atom stereocenters. The van der Waals surface area contributed by atoms with E-state index in [1.165, 1.54) is 0 Å². The number of aryl methyl sites for hydroxylation is 1. The van der Waals surface area contributed by atoms with Crippen LogP contribution in [-0.2, 0) is 0 Å². The summed E-state index contributed by atoms with van der Waals surface area (Å²) in [6, 6.07) is 3.86. The zero-order chi connectivity index (χ0) is 9.14. The minimum Gasteiger partial charge on any atom is -0.466 e. The number of hydrogen-bond donors (Lipinski definition) is 2. The summed E-state index contributed by atoms with van der Waals surface area (Å²) in [7, 11) is 0. The van der Waals surface area contributed by atoms with Crippen molar-refractivity contribution in [1.82, 2.24) is 0 Å². The van der Waals surface area contributed by atoms with Gasteiger partial charge in [0.1, 0.15) is 11.5 Å². The number of furan rings is 1. The fourth-order valence-electron chi connectivity index (χ4n) is 1.15. The molecular weight excluding hydrogens is 152 g/mol. The molecule has 1 rings (SSSR count). The molecule has 0 amide bonds. The Kier molecular flexibility index (Phi) is 2.53. The predicted octanol–water partition coefficient (Wildman–Crippen LogP) is 2.02. The molecular formula is C9H14N2O. The molecule has 1 unspecified atom stereocenters. The maximum atomic E-state index is 7.12. The molecule has 1 aromatic heterocycles. The van der Waals surface area contributed by atoms with Gasteiger partial charge >= 0.3 is 0 Å². The normalized spacial score (nSPS) is 12.8. The van der Waals surface area contributed by atoms with E-state index in [4.69, 9.17) is 15.6 Å². The van der Waals surface area contributed by atoms with Crippen LogP contribution in [0.1, 0.15) is 30.8 Å². The number of rotatable bonds is 3. The lowest BCUT2D eigenvalue weighted by atomic mass is 10.1. The van der Waals surface area contributed by atoms with Crippen LogP contribution in [0, 0.1) is 12.3 Å². The van der Waals surface area contributed by atoms with E-state index in [1.807, 2.05) is 26.0 Å². The van der Waals surface area contributed by atoms with Crippen LogP contribution in [0.3, 0.4) is 0 Å². The molecule has 0 bridgehead atoms. The number of nitrogens with two attached hydrogens (primary N) is 1. The van der Waals surface area contributed by atoms with Gasteiger partial charge in [0.15, 0.2) is 0 Å². The van der Waals surface area contributed by atoms with Crippen LogP contribution in [0.4, 0.5) is 0 Å². The minimum atomic E-state index is 0.205. The summed E-state index contributed by atoms with van der Waals surface area (Å²) in [6.45, 7) is 3.91. The number of nitrogens with one attached hydrogen (secondary N) is 1. The zero-order valence-electron chi connectivity index (χ0n) is 7.42. The highest BCUT2D eigenvalue weighted by molar-refractivity contribution is 5.77. The monoisotopic (exact) mass is 166 g/mol. The van der Waals surface area contributed by atoms with E-state index in [1.54, 1.807) is 0 Å². The maximum Gasteiger partial charge on any atom is 0.107 e. The maximum absolute atomic E-state index is 7.12. The summed E-state index contributed by atoms with van der Waals surface area (Å²) < 4.78 is 5.39. The van der Waals surface area contributed by atoms with E-state index in [2.05, 4.69) is 0 Å². The summed E-state index contributed by atoms with van der Waals surface area (Å²) in [5, 5.41) is 7.12. The van der Waals surface area contributed by atoms with Crippen molar-refractivity contribution >= 4 is 5.84 Å². The van der Waals surface area contributed by atoms with Crippen LogP contribution in [0.2, 0.25) is 0 Å². The lowest BCUT2D eigenvalue weighted by Gasteiger charge is -2.05. The lowest BCUT2D eigenvalue weighted by molar-refractivity contribution is 0.456. The molecule has 0 aliphatic carbocycles. The average molecular weight is 166 g/mol. The Morgan fingerprint density at radius 3 is 2.75 bits per heavy atom. The highest BCUT2D eigenvalue weighted by Gasteiger charge is 2.09. The van der Waals surface area contributed by atoms with Crippen molar-refractivity contribution in [2.45, 2.75) is 26.2 Å². The summed E-state index contributed by atoms with van der Waals surface area (Å²) in [6.07, 6.45) is 0.562. The van der Waals surface area contributed by atoms with Gasteiger partial charge in [-0.1, -0.05) is 6.92 Å². The van der Waals surface area contributed by atoms with Gasteiger partial charge in [-0.25, -0.2) is 0 Å². The molecule has 0 fully saturated rings. The summed E-state index contributed by atoms with van der Waals surface area (Å²) in [4.78, 5) is 0.